The standard InChI is InChI=1S/C19H15ClFN7/c20-11-3-1-4-12(21)16(11)18-25-13-5-6-22-19(17(13)27-18)26-14-9-15(24-10-23-14)28-7-2-8-28/h1,3-6,9-10H,2,7-8H2,(H,25,27)(H,22,23,24,26). The zero-order valence-corrected chi connectivity index (χ0v) is 15.4. The summed E-state index contributed by atoms with van der Waals surface area (Å²) in [6.45, 7) is 2.00. The average molecular weight is 396 g/mol. The molecule has 0 amide bonds. The molecule has 5 rings (SSSR count). The summed E-state index contributed by atoms with van der Waals surface area (Å²) in [5.41, 5.74) is 1.51. The van der Waals surface area contributed by atoms with Crippen molar-refractivity contribution in [3.63, 3.8) is 0 Å². The first-order valence-electron chi connectivity index (χ1n) is 8.82. The largest absolute Gasteiger partial charge is 0.356 e. The highest BCUT2D eigenvalue weighted by Gasteiger charge is 2.18. The lowest BCUT2D eigenvalue weighted by Gasteiger charge is -2.31. The maximum absolute atomic E-state index is 14.3. The Morgan fingerprint density at radius 2 is 2.04 bits per heavy atom. The van der Waals surface area contributed by atoms with Crippen molar-refractivity contribution < 1.29 is 4.39 Å². The van der Waals surface area contributed by atoms with Gasteiger partial charge in [-0.3, -0.25) is 0 Å². The lowest BCUT2D eigenvalue weighted by Crippen LogP contribution is -2.37. The molecule has 1 saturated heterocycles. The molecular weight excluding hydrogens is 381 g/mol. The molecule has 7 nitrogen and oxygen atoms in total. The van der Waals surface area contributed by atoms with E-state index in [9.17, 15) is 4.39 Å². The summed E-state index contributed by atoms with van der Waals surface area (Å²) < 4.78 is 14.3. The van der Waals surface area contributed by atoms with E-state index in [0.717, 1.165) is 18.9 Å². The molecule has 1 fully saturated rings. The molecule has 4 aromatic rings. The zero-order chi connectivity index (χ0) is 19.1. The van der Waals surface area contributed by atoms with Gasteiger partial charge < -0.3 is 15.2 Å². The molecule has 0 radical (unpaired) electrons. The van der Waals surface area contributed by atoms with Crippen molar-refractivity contribution in [2.24, 2.45) is 0 Å². The third-order valence-corrected chi connectivity index (χ3v) is 5.00. The van der Waals surface area contributed by atoms with E-state index in [1.165, 1.54) is 18.8 Å². The number of fused-ring (bicyclic) bond motifs is 1. The van der Waals surface area contributed by atoms with Crippen LogP contribution >= 0.6 is 11.6 Å². The summed E-state index contributed by atoms with van der Waals surface area (Å²) in [7, 11) is 0. The van der Waals surface area contributed by atoms with E-state index in [1.54, 1.807) is 24.4 Å². The Kier molecular flexibility index (Phi) is 4.05. The number of halogens is 2. The lowest BCUT2D eigenvalue weighted by molar-refractivity contribution is 0.609. The van der Waals surface area contributed by atoms with Crippen LogP contribution in [0.4, 0.5) is 21.8 Å². The highest BCUT2D eigenvalue weighted by molar-refractivity contribution is 6.33. The second kappa shape index (κ2) is 6.72. The van der Waals surface area contributed by atoms with Crippen LogP contribution < -0.4 is 10.2 Å². The van der Waals surface area contributed by atoms with Gasteiger partial charge in [0.15, 0.2) is 5.82 Å². The van der Waals surface area contributed by atoms with Crippen molar-refractivity contribution >= 4 is 40.1 Å². The van der Waals surface area contributed by atoms with Gasteiger partial charge in [-0.2, -0.15) is 0 Å². The van der Waals surface area contributed by atoms with Gasteiger partial charge in [-0.1, -0.05) is 17.7 Å². The fourth-order valence-corrected chi connectivity index (χ4v) is 3.38. The first kappa shape index (κ1) is 16.9. The van der Waals surface area contributed by atoms with Gasteiger partial charge in [-0.15, -0.1) is 0 Å². The summed E-state index contributed by atoms with van der Waals surface area (Å²) in [6, 6.07) is 8.17. The summed E-state index contributed by atoms with van der Waals surface area (Å²) in [6.07, 6.45) is 4.33. The van der Waals surface area contributed by atoms with Gasteiger partial charge >= 0.3 is 0 Å². The van der Waals surface area contributed by atoms with E-state index < -0.39 is 5.82 Å². The molecule has 3 aromatic heterocycles. The smallest absolute Gasteiger partial charge is 0.157 e. The monoisotopic (exact) mass is 395 g/mol. The van der Waals surface area contributed by atoms with Gasteiger partial charge in [-0.05, 0) is 24.6 Å². The van der Waals surface area contributed by atoms with E-state index in [1.807, 2.05) is 6.07 Å². The van der Waals surface area contributed by atoms with Gasteiger partial charge in [0.25, 0.3) is 0 Å². The topological polar surface area (TPSA) is 82.6 Å². The number of nitrogens with one attached hydrogen (secondary N) is 2. The molecule has 0 spiro atoms. The third-order valence-electron chi connectivity index (χ3n) is 4.68. The molecule has 0 atom stereocenters. The minimum atomic E-state index is -0.441. The molecule has 1 aliphatic heterocycles. The first-order valence-corrected chi connectivity index (χ1v) is 9.20. The molecule has 4 heterocycles. The summed E-state index contributed by atoms with van der Waals surface area (Å²) >= 11 is 6.17. The molecule has 0 saturated carbocycles. The number of aromatic amines is 1. The van der Waals surface area contributed by atoms with Crippen LogP contribution in [0.3, 0.4) is 0 Å². The fraction of sp³-hybridized carbons (Fsp3) is 0.158. The number of pyridine rings is 1. The number of benzene rings is 1. The van der Waals surface area contributed by atoms with E-state index >= 15 is 0 Å². The Labute approximate surface area is 164 Å². The summed E-state index contributed by atoms with van der Waals surface area (Å²) in [5, 5.41) is 3.49. The van der Waals surface area contributed by atoms with Crippen LogP contribution in [0.1, 0.15) is 6.42 Å². The maximum atomic E-state index is 14.3. The van der Waals surface area contributed by atoms with E-state index in [-0.39, 0.29) is 10.6 Å². The lowest BCUT2D eigenvalue weighted by atomic mass is 10.2. The van der Waals surface area contributed by atoms with Crippen LogP contribution in [0.2, 0.25) is 5.02 Å². The number of nitrogens with zero attached hydrogens (tertiary/aromatic N) is 5. The van der Waals surface area contributed by atoms with Crippen molar-refractivity contribution in [3.8, 4) is 11.4 Å². The number of anilines is 3. The number of rotatable bonds is 4. The molecule has 9 heteroatoms. The van der Waals surface area contributed by atoms with E-state index in [0.29, 0.717) is 28.5 Å². The first-order chi connectivity index (χ1) is 13.7. The maximum Gasteiger partial charge on any atom is 0.157 e. The molecular formula is C19H15ClFN7. The van der Waals surface area contributed by atoms with Gasteiger partial charge in [0.1, 0.15) is 35.1 Å². The van der Waals surface area contributed by atoms with Crippen LogP contribution in [-0.4, -0.2) is 38.0 Å². The third kappa shape index (κ3) is 2.91. The van der Waals surface area contributed by atoms with Gasteiger partial charge in [-0.25, -0.2) is 24.3 Å². The number of hydrogen-bond donors (Lipinski definition) is 2. The Bertz CT molecular complexity index is 1150. The molecule has 0 aliphatic carbocycles. The van der Waals surface area contributed by atoms with Crippen LogP contribution in [0, 0.1) is 5.82 Å². The van der Waals surface area contributed by atoms with Crippen molar-refractivity contribution in [2.75, 3.05) is 23.3 Å². The summed E-state index contributed by atoms with van der Waals surface area (Å²) in [4.78, 5) is 22.7. The Morgan fingerprint density at radius 1 is 1.14 bits per heavy atom. The molecule has 2 N–H and O–H groups in total. The minimum absolute atomic E-state index is 0.230. The SMILES string of the molecule is Fc1cccc(Cl)c1-c1nc2ccnc(Nc3cc(N4CCC4)ncn3)c2[nH]1. The van der Waals surface area contributed by atoms with E-state index in [2.05, 4.69) is 35.1 Å². The molecule has 0 bridgehead atoms. The molecule has 1 aliphatic rings. The molecule has 0 unspecified atom stereocenters. The van der Waals surface area contributed by atoms with Gasteiger partial charge in [0.05, 0.1) is 16.1 Å². The minimum Gasteiger partial charge on any atom is -0.356 e. The van der Waals surface area contributed by atoms with Gasteiger partial charge in [0.2, 0.25) is 0 Å². The Hall–Kier alpha value is -3.26. The van der Waals surface area contributed by atoms with Gasteiger partial charge in [0, 0.05) is 25.4 Å². The number of aromatic nitrogens is 5. The normalized spacial score (nSPS) is 13.6. The molecule has 1 aromatic carbocycles. The van der Waals surface area contributed by atoms with Crippen molar-refractivity contribution in [1.82, 2.24) is 24.9 Å². The molecule has 140 valence electrons. The van der Waals surface area contributed by atoms with Crippen LogP contribution in [-0.2, 0) is 0 Å². The second-order valence-corrected chi connectivity index (χ2v) is 6.87. The fourth-order valence-electron chi connectivity index (χ4n) is 3.13. The molecule has 28 heavy (non-hydrogen) atoms. The van der Waals surface area contributed by atoms with Crippen molar-refractivity contribution in [1.29, 1.82) is 0 Å². The second-order valence-electron chi connectivity index (χ2n) is 6.46. The van der Waals surface area contributed by atoms with Crippen LogP contribution in [0.25, 0.3) is 22.4 Å². The zero-order valence-electron chi connectivity index (χ0n) is 14.7. The Morgan fingerprint density at radius 3 is 2.82 bits per heavy atom. The highest BCUT2D eigenvalue weighted by Crippen LogP contribution is 2.32. The van der Waals surface area contributed by atoms with Crippen LogP contribution in [0.15, 0.2) is 42.9 Å². The summed E-state index contributed by atoms with van der Waals surface area (Å²) in [5.74, 6) is 1.94. The number of imidazole rings is 1. The van der Waals surface area contributed by atoms with Crippen LogP contribution in [0.5, 0.6) is 0 Å². The average Bonchev–Trinajstić information content (AvgIpc) is 3.05. The number of hydrogen-bond acceptors (Lipinski definition) is 6. The predicted molar refractivity (Wildman–Crippen MR) is 106 cm³/mol. The number of H-pyrrole nitrogens is 1. The van der Waals surface area contributed by atoms with Crippen molar-refractivity contribution in [3.05, 3.63) is 53.7 Å². The van der Waals surface area contributed by atoms with Crippen molar-refractivity contribution in [2.45, 2.75) is 6.42 Å². The predicted octanol–water partition coefficient (Wildman–Crippen LogP) is 4.16. The Balaban J connectivity index is 1.53. The highest BCUT2D eigenvalue weighted by atomic mass is 35.5. The van der Waals surface area contributed by atoms with E-state index in [4.69, 9.17) is 11.6 Å². The quantitative estimate of drug-likeness (QED) is 0.540.